The third-order valence-corrected chi connectivity index (χ3v) is 5.95. The highest BCUT2D eigenvalue weighted by Gasteiger charge is 2.20. The van der Waals surface area contributed by atoms with Gasteiger partial charge in [-0.3, -0.25) is 15.1 Å². The molecule has 0 spiro atoms. The molecule has 0 fully saturated rings. The Balaban J connectivity index is 1.56. The molecule has 31 heavy (non-hydrogen) atoms. The van der Waals surface area contributed by atoms with Gasteiger partial charge in [0.25, 0.3) is 0 Å². The number of hydrogen-bond acceptors (Lipinski definition) is 5. The molecule has 0 saturated carbocycles. The van der Waals surface area contributed by atoms with Crippen molar-refractivity contribution in [2.24, 2.45) is 0 Å². The van der Waals surface area contributed by atoms with Crippen LogP contribution < -0.4 is 0 Å². The van der Waals surface area contributed by atoms with Gasteiger partial charge in [-0.1, -0.05) is 6.07 Å². The van der Waals surface area contributed by atoms with Gasteiger partial charge in [0.1, 0.15) is 22.7 Å². The minimum atomic E-state index is -0.409. The molecule has 0 aliphatic rings. The van der Waals surface area contributed by atoms with Crippen LogP contribution in [0, 0.1) is 10.9 Å². The molecule has 0 aliphatic heterocycles. The number of benzene rings is 1. The molecular weight excluding hydrogens is 418 g/mol. The highest BCUT2D eigenvalue weighted by atomic mass is 32.1. The molecule has 0 aliphatic carbocycles. The summed E-state index contributed by atoms with van der Waals surface area (Å²) < 4.78 is 29.1. The standard InChI is InChI=1S/C22H12F2N6S/c23-16-6-5-15(31-16)20-19-14(7-9-26-20)27-22(28-19)21-17-13(29-30-21)4-3-12(18(17)24)11-2-1-8-25-10-11/h1-10H,(H,27,28)(H,29,30). The molecule has 9 heteroatoms. The molecule has 6 rings (SSSR count). The van der Waals surface area contributed by atoms with Gasteiger partial charge in [-0.25, -0.2) is 9.37 Å². The fourth-order valence-electron chi connectivity index (χ4n) is 3.66. The first-order valence-corrected chi connectivity index (χ1v) is 10.2. The second-order valence-electron chi connectivity index (χ2n) is 6.91. The molecular formula is C22H12F2N6S. The number of aromatic nitrogens is 6. The Morgan fingerprint density at radius 3 is 2.65 bits per heavy atom. The smallest absolute Gasteiger partial charge is 0.177 e. The van der Waals surface area contributed by atoms with Gasteiger partial charge in [0.15, 0.2) is 11.0 Å². The SMILES string of the molecule is Fc1ccc(-c2nccc3[nH]c(-c4n[nH]c5ccc(-c6cccnc6)c(F)c45)nc23)s1. The van der Waals surface area contributed by atoms with Crippen molar-refractivity contribution in [3.63, 3.8) is 0 Å². The quantitative estimate of drug-likeness (QED) is 0.385. The van der Waals surface area contributed by atoms with Crippen LogP contribution in [0.25, 0.3) is 55.2 Å². The van der Waals surface area contributed by atoms with Crippen LogP contribution in [0.5, 0.6) is 0 Å². The maximum Gasteiger partial charge on any atom is 0.177 e. The Morgan fingerprint density at radius 1 is 0.903 bits per heavy atom. The Hall–Kier alpha value is -3.98. The van der Waals surface area contributed by atoms with E-state index in [1.54, 1.807) is 55.0 Å². The van der Waals surface area contributed by atoms with Gasteiger partial charge >= 0.3 is 0 Å². The molecule has 0 unspecified atom stereocenters. The Labute approximate surface area is 177 Å². The van der Waals surface area contributed by atoms with Gasteiger partial charge in [-0.05, 0) is 36.4 Å². The van der Waals surface area contributed by atoms with Crippen molar-refractivity contribution in [1.82, 2.24) is 30.1 Å². The van der Waals surface area contributed by atoms with Crippen LogP contribution in [0.4, 0.5) is 8.78 Å². The largest absolute Gasteiger partial charge is 0.336 e. The number of fused-ring (bicyclic) bond motifs is 2. The summed E-state index contributed by atoms with van der Waals surface area (Å²) in [5.41, 5.74) is 3.84. The van der Waals surface area contributed by atoms with Gasteiger partial charge in [0.05, 0.1) is 21.3 Å². The molecule has 0 atom stereocenters. The van der Waals surface area contributed by atoms with Crippen LogP contribution in [0.2, 0.25) is 0 Å². The number of nitrogens with one attached hydrogen (secondary N) is 2. The lowest BCUT2D eigenvalue weighted by Gasteiger charge is -2.04. The van der Waals surface area contributed by atoms with Gasteiger partial charge in [-0.2, -0.15) is 9.49 Å². The van der Waals surface area contributed by atoms with E-state index in [1.807, 2.05) is 0 Å². The Kier molecular flexibility index (Phi) is 3.90. The number of rotatable bonds is 3. The highest BCUT2D eigenvalue weighted by Crippen LogP contribution is 2.35. The number of pyridine rings is 2. The lowest BCUT2D eigenvalue weighted by Crippen LogP contribution is -1.89. The molecule has 6 nitrogen and oxygen atoms in total. The molecule has 0 amide bonds. The first-order chi connectivity index (χ1) is 15.2. The number of aromatic amines is 2. The third-order valence-electron chi connectivity index (χ3n) is 5.07. The van der Waals surface area contributed by atoms with Crippen LogP contribution in [0.1, 0.15) is 0 Å². The van der Waals surface area contributed by atoms with Crippen LogP contribution in [-0.2, 0) is 0 Å². The highest BCUT2D eigenvalue weighted by molar-refractivity contribution is 7.13. The van der Waals surface area contributed by atoms with Gasteiger partial charge < -0.3 is 4.98 Å². The zero-order valence-electron chi connectivity index (χ0n) is 15.7. The predicted molar refractivity (Wildman–Crippen MR) is 115 cm³/mol. The fraction of sp³-hybridized carbons (Fsp3) is 0. The predicted octanol–water partition coefficient (Wildman–Crippen LogP) is 5.57. The van der Waals surface area contributed by atoms with E-state index in [9.17, 15) is 4.39 Å². The van der Waals surface area contributed by atoms with E-state index in [-0.39, 0.29) is 5.13 Å². The number of H-pyrrole nitrogens is 2. The molecule has 5 aromatic heterocycles. The van der Waals surface area contributed by atoms with Crippen LogP contribution in [0.15, 0.2) is 61.1 Å². The number of imidazole rings is 1. The third kappa shape index (κ3) is 2.82. The monoisotopic (exact) mass is 430 g/mol. The first-order valence-electron chi connectivity index (χ1n) is 9.37. The zero-order valence-corrected chi connectivity index (χ0v) is 16.5. The lowest BCUT2D eigenvalue weighted by atomic mass is 10.0. The Bertz CT molecular complexity index is 1570. The van der Waals surface area contributed by atoms with Crippen molar-refractivity contribution in [1.29, 1.82) is 0 Å². The molecule has 150 valence electrons. The molecule has 0 radical (unpaired) electrons. The van der Waals surface area contributed by atoms with Crippen molar-refractivity contribution >= 4 is 33.3 Å². The summed E-state index contributed by atoms with van der Waals surface area (Å²) >= 11 is 0.996. The summed E-state index contributed by atoms with van der Waals surface area (Å²) in [6.07, 6.45) is 4.88. The summed E-state index contributed by atoms with van der Waals surface area (Å²) in [5, 5.41) is 7.21. The maximum absolute atomic E-state index is 15.6. The molecule has 2 N–H and O–H groups in total. The van der Waals surface area contributed by atoms with E-state index in [4.69, 9.17) is 0 Å². The van der Waals surface area contributed by atoms with Crippen LogP contribution in [0.3, 0.4) is 0 Å². The summed E-state index contributed by atoms with van der Waals surface area (Å²) in [6.45, 7) is 0. The van der Waals surface area contributed by atoms with E-state index in [1.165, 1.54) is 6.07 Å². The number of thiophene rings is 1. The van der Waals surface area contributed by atoms with Crippen molar-refractivity contribution in [3.8, 4) is 33.2 Å². The maximum atomic E-state index is 15.6. The molecule has 0 saturated heterocycles. The zero-order chi connectivity index (χ0) is 20.9. The van der Waals surface area contributed by atoms with Crippen LogP contribution in [-0.4, -0.2) is 30.1 Å². The fourth-order valence-corrected chi connectivity index (χ4v) is 4.39. The van der Waals surface area contributed by atoms with Crippen molar-refractivity contribution in [2.45, 2.75) is 0 Å². The molecule has 0 bridgehead atoms. The van der Waals surface area contributed by atoms with E-state index >= 15 is 4.39 Å². The van der Waals surface area contributed by atoms with Crippen LogP contribution >= 0.6 is 11.3 Å². The first kappa shape index (κ1) is 17.8. The van der Waals surface area contributed by atoms with Gasteiger partial charge in [0, 0.05) is 29.7 Å². The van der Waals surface area contributed by atoms with Crippen molar-refractivity contribution in [2.75, 3.05) is 0 Å². The number of nitrogens with zero attached hydrogens (tertiary/aromatic N) is 4. The number of halogens is 2. The van der Waals surface area contributed by atoms with E-state index in [0.29, 0.717) is 55.2 Å². The summed E-state index contributed by atoms with van der Waals surface area (Å²) in [6, 6.07) is 11.9. The lowest BCUT2D eigenvalue weighted by molar-refractivity contribution is 0.643. The molecule has 1 aromatic carbocycles. The summed E-state index contributed by atoms with van der Waals surface area (Å²) in [4.78, 5) is 16.9. The minimum Gasteiger partial charge on any atom is -0.336 e. The average molecular weight is 430 g/mol. The average Bonchev–Trinajstić information content (AvgIpc) is 3.52. The second-order valence-corrected chi connectivity index (χ2v) is 7.94. The van der Waals surface area contributed by atoms with Gasteiger partial charge in [-0.15, -0.1) is 11.3 Å². The molecule has 6 aromatic rings. The van der Waals surface area contributed by atoms with E-state index < -0.39 is 5.82 Å². The van der Waals surface area contributed by atoms with Crippen molar-refractivity contribution in [3.05, 3.63) is 72.0 Å². The summed E-state index contributed by atoms with van der Waals surface area (Å²) in [7, 11) is 0. The van der Waals surface area contributed by atoms with E-state index in [0.717, 1.165) is 11.3 Å². The van der Waals surface area contributed by atoms with E-state index in [2.05, 4.69) is 30.1 Å². The normalized spacial score (nSPS) is 11.5. The molecule has 5 heterocycles. The van der Waals surface area contributed by atoms with Gasteiger partial charge in [0.2, 0.25) is 0 Å². The minimum absolute atomic E-state index is 0.298. The van der Waals surface area contributed by atoms with Crippen molar-refractivity contribution < 1.29 is 8.78 Å². The topological polar surface area (TPSA) is 83.1 Å². The summed E-state index contributed by atoms with van der Waals surface area (Å²) in [5.74, 6) is -0.0110. The second kappa shape index (κ2) is 6.78. The Morgan fingerprint density at radius 2 is 1.84 bits per heavy atom. The number of hydrogen-bond donors (Lipinski definition) is 2.